The molecule has 1 aliphatic rings. The Labute approximate surface area is 259 Å². The average molecular weight is 619 g/mol. The van der Waals surface area contributed by atoms with Gasteiger partial charge in [-0.25, -0.2) is 0 Å². The third kappa shape index (κ3) is 19.0. The molecule has 0 radical (unpaired) electrons. The van der Waals surface area contributed by atoms with Crippen molar-refractivity contribution in [2.75, 3.05) is 19.8 Å². The molecule has 10 heteroatoms. The Kier molecular flexibility index (Phi) is 24.0. The quantitative estimate of drug-likeness (QED) is 0.0723. The molecule has 0 aliphatic carbocycles. The molecule has 1 fully saturated rings. The molecule has 0 aromatic rings. The summed E-state index contributed by atoms with van der Waals surface area (Å²) in [5.41, 5.74) is 0. The van der Waals surface area contributed by atoms with E-state index in [1.807, 2.05) is 0 Å². The number of carbonyl (C=O) groups excluding carboxylic acids is 2. The minimum absolute atomic E-state index is 0.211. The first-order valence-electron chi connectivity index (χ1n) is 17.1. The lowest BCUT2D eigenvalue weighted by Gasteiger charge is -2.39. The van der Waals surface area contributed by atoms with E-state index in [4.69, 9.17) is 18.9 Å². The zero-order chi connectivity index (χ0) is 31.7. The van der Waals surface area contributed by atoms with E-state index in [-0.39, 0.29) is 32.0 Å². The summed E-state index contributed by atoms with van der Waals surface area (Å²) in [6.07, 6.45) is 12.8. The predicted molar refractivity (Wildman–Crippen MR) is 164 cm³/mol. The normalized spacial score (nSPS) is 22.8. The molecule has 4 N–H and O–H groups in total. The van der Waals surface area contributed by atoms with Gasteiger partial charge in [0.2, 0.25) is 0 Å². The van der Waals surface area contributed by atoms with Crippen molar-refractivity contribution in [3.8, 4) is 0 Å². The molecule has 10 nitrogen and oxygen atoms in total. The lowest BCUT2D eigenvalue weighted by Crippen LogP contribution is -2.59. The van der Waals surface area contributed by atoms with Crippen LogP contribution in [0.25, 0.3) is 0 Å². The fourth-order valence-corrected chi connectivity index (χ4v) is 5.19. The number of aliphatic hydroxyl groups excluding tert-OH is 4. The Hall–Kier alpha value is -1.30. The van der Waals surface area contributed by atoms with Gasteiger partial charge in [-0.15, -0.1) is 0 Å². The van der Waals surface area contributed by atoms with E-state index in [0.717, 1.165) is 38.5 Å². The van der Waals surface area contributed by atoms with Gasteiger partial charge in [-0.2, -0.15) is 0 Å². The van der Waals surface area contributed by atoms with Crippen LogP contribution in [0.15, 0.2) is 0 Å². The lowest BCUT2D eigenvalue weighted by molar-refractivity contribution is -0.305. The second-order valence-electron chi connectivity index (χ2n) is 12.0. The molecule has 1 aliphatic heterocycles. The Balaban J connectivity index is 2.46. The summed E-state index contributed by atoms with van der Waals surface area (Å²) in [5, 5.41) is 39.7. The van der Waals surface area contributed by atoms with Crippen LogP contribution in [0, 0.1) is 0 Å². The number of carbonyl (C=O) groups is 2. The van der Waals surface area contributed by atoms with E-state index in [1.165, 1.54) is 70.6 Å². The maximum atomic E-state index is 12.6. The van der Waals surface area contributed by atoms with Crippen LogP contribution in [-0.4, -0.2) is 89.0 Å². The van der Waals surface area contributed by atoms with Crippen LogP contribution in [0.4, 0.5) is 0 Å². The molecule has 0 amide bonds. The Morgan fingerprint density at radius 2 is 1.09 bits per heavy atom. The summed E-state index contributed by atoms with van der Waals surface area (Å²) < 4.78 is 21.9. The number of aliphatic hydroxyl groups is 4. The van der Waals surface area contributed by atoms with E-state index in [9.17, 15) is 30.0 Å². The van der Waals surface area contributed by atoms with Crippen molar-refractivity contribution in [3.05, 3.63) is 0 Å². The number of unbranched alkanes of at least 4 members (excludes halogenated alkanes) is 16. The third-order valence-corrected chi connectivity index (χ3v) is 7.99. The average Bonchev–Trinajstić information content (AvgIpc) is 3.00. The van der Waals surface area contributed by atoms with Crippen molar-refractivity contribution in [2.24, 2.45) is 0 Å². The molecule has 254 valence electrons. The molecule has 0 saturated carbocycles. The SMILES string of the molecule is CCCCCCCCCCCC(=O)OC[C@H](CO[C@@H]1O[C@H](CO)[C@@H](O)[C@H](O)[C@H]1O)OC(=O)CCCCCCCCCCC. The van der Waals surface area contributed by atoms with Gasteiger partial charge < -0.3 is 39.4 Å². The van der Waals surface area contributed by atoms with Crippen LogP contribution in [0.5, 0.6) is 0 Å². The second kappa shape index (κ2) is 26.0. The highest BCUT2D eigenvalue weighted by Gasteiger charge is 2.44. The van der Waals surface area contributed by atoms with Crippen molar-refractivity contribution in [1.29, 1.82) is 0 Å². The molecule has 1 heterocycles. The molecule has 1 rings (SSSR count). The van der Waals surface area contributed by atoms with Gasteiger partial charge in [0.25, 0.3) is 0 Å². The molecule has 0 unspecified atom stereocenters. The number of esters is 2. The Morgan fingerprint density at radius 3 is 1.58 bits per heavy atom. The van der Waals surface area contributed by atoms with Gasteiger partial charge in [0, 0.05) is 12.8 Å². The highest BCUT2D eigenvalue weighted by molar-refractivity contribution is 5.70. The smallest absolute Gasteiger partial charge is 0.306 e. The zero-order valence-electron chi connectivity index (χ0n) is 27.0. The monoisotopic (exact) mass is 618 g/mol. The van der Waals surface area contributed by atoms with Crippen LogP contribution in [0.1, 0.15) is 142 Å². The van der Waals surface area contributed by atoms with Crippen molar-refractivity contribution in [3.63, 3.8) is 0 Å². The fraction of sp³-hybridized carbons (Fsp3) is 0.939. The fourth-order valence-electron chi connectivity index (χ4n) is 5.19. The van der Waals surface area contributed by atoms with E-state index in [1.54, 1.807) is 0 Å². The highest BCUT2D eigenvalue weighted by atomic mass is 16.7. The van der Waals surface area contributed by atoms with Crippen LogP contribution < -0.4 is 0 Å². The standard InChI is InChI=1S/C33H62O10/c1-3-5-7-9-11-13-15-17-19-21-28(35)40-24-26(25-41-33-32(39)31(38)30(37)27(23-34)43-33)42-29(36)22-20-18-16-14-12-10-8-6-4-2/h26-27,30-34,37-39H,3-25H2,1-2H3/t26-,27-,30-,31+,32-,33-/m1/s1. The molecule has 0 bridgehead atoms. The molecule has 0 aromatic carbocycles. The van der Waals surface area contributed by atoms with Gasteiger partial charge >= 0.3 is 11.9 Å². The molecule has 0 aromatic heterocycles. The summed E-state index contributed by atoms with van der Waals surface area (Å²) in [5.74, 6) is -0.809. The second-order valence-corrected chi connectivity index (χ2v) is 12.0. The number of hydrogen-bond donors (Lipinski definition) is 4. The van der Waals surface area contributed by atoms with Crippen molar-refractivity contribution in [1.82, 2.24) is 0 Å². The number of hydrogen-bond acceptors (Lipinski definition) is 10. The minimum atomic E-state index is -1.59. The van der Waals surface area contributed by atoms with Crippen molar-refractivity contribution < 1.29 is 49.0 Å². The zero-order valence-corrected chi connectivity index (χ0v) is 27.0. The molecule has 1 saturated heterocycles. The van der Waals surface area contributed by atoms with Crippen molar-refractivity contribution in [2.45, 2.75) is 179 Å². The van der Waals surface area contributed by atoms with E-state index >= 15 is 0 Å². The molecule has 0 spiro atoms. The summed E-state index contributed by atoms with van der Waals surface area (Å²) in [7, 11) is 0. The molecule has 43 heavy (non-hydrogen) atoms. The predicted octanol–water partition coefficient (Wildman–Crippen LogP) is 5.10. The van der Waals surface area contributed by atoms with Gasteiger partial charge in [-0.05, 0) is 12.8 Å². The van der Waals surface area contributed by atoms with Crippen LogP contribution in [0.2, 0.25) is 0 Å². The maximum absolute atomic E-state index is 12.6. The molecular formula is C33H62O10. The third-order valence-electron chi connectivity index (χ3n) is 7.99. The first-order chi connectivity index (χ1) is 20.8. The maximum Gasteiger partial charge on any atom is 0.306 e. The summed E-state index contributed by atoms with van der Waals surface area (Å²) in [6, 6.07) is 0. The number of ether oxygens (including phenoxy) is 4. The van der Waals surface area contributed by atoms with E-state index in [2.05, 4.69) is 13.8 Å². The highest BCUT2D eigenvalue weighted by Crippen LogP contribution is 2.22. The first-order valence-corrected chi connectivity index (χ1v) is 17.1. The molecular weight excluding hydrogens is 556 g/mol. The van der Waals surface area contributed by atoms with Gasteiger partial charge in [0.1, 0.15) is 31.0 Å². The van der Waals surface area contributed by atoms with Gasteiger partial charge in [-0.3, -0.25) is 9.59 Å². The van der Waals surface area contributed by atoms with E-state index in [0.29, 0.717) is 6.42 Å². The number of rotatable bonds is 27. The van der Waals surface area contributed by atoms with Crippen LogP contribution in [0.3, 0.4) is 0 Å². The first kappa shape index (κ1) is 39.7. The largest absolute Gasteiger partial charge is 0.462 e. The summed E-state index contributed by atoms with van der Waals surface area (Å²) in [6.45, 7) is 3.35. The Morgan fingerprint density at radius 1 is 0.628 bits per heavy atom. The molecule has 6 atom stereocenters. The topological polar surface area (TPSA) is 152 Å². The Bertz CT molecular complexity index is 689. The van der Waals surface area contributed by atoms with E-state index < -0.39 is 49.4 Å². The van der Waals surface area contributed by atoms with Crippen molar-refractivity contribution >= 4 is 11.9 Å². The van der Waals surface area contributed by atoms with Gasteiger partial charge in [0.15, 0.2) is 12.4 Å². The summed E-state index contributed by atoms with van der Waals surface area (Å²) in [4.78, 5) is 24.9. The van der Waals surface area contributed by atoms with Crippen LogP contribution >= 0.6 is 0 Å². The van der Waals surface area contributed by atoms with Gasteiger partial charge in [0.05, 0.1) is 13.2 Å². The summed E-state index contributed by atoms with van der Waals surface area (Å²) >= 11 is 0. The lowest BCUT2D eigenvalue weighted by atomic mass is 9.99. The van der Waals surface area contributed by atoms with Gasteiger partial charge in [-0.1, -0.05) is 117 Å². The van der Waals surface area contributed by atoms with Crippen LogP contribution in [-0.2, 0) is 28.5 Å². The minimum Gasteiger partial charge on any atom is -0.462 e.